The van der Waals surface area contributed by atoms with Crippen LogP contribution in [0.4, 0.5) is 5.82 Å². The van der Waals surface area contributed by atoms with Crippen molar-refractivity contribution in [2.45, 2.75) is 53.0 Å². The fourth-order valence-electron chi connectivity index (χ4n) is 3.95. The van der Waals surface area contributed by atoms with Crippen molar-refractivity contribution >= 4 is 33.3 Å². The van der Waals surface area contributed by atoms with Crippen LogP contribution in [0.15, 0.2) is 21.9 Å². The number of hydrogen-bond donors (Lipinski definition) is 1. The van der Waals surface area contributed by atoms with Gasteiger partial charge in [0.1, 0.15) is 22.2 Å². The van der Waals surface area contributed by atoms with Crippen LogP contribution < -0.4 is 10.2 Å². The average Bonchev–Trinajstić information content (AvgIpc) is 3.28. The lowest BCUT2D eigenvalue weighted by atomic mass is 10.0. The maximum Gasteiger partial charge on any atom is 0.287 e. The molecule has 3 aromatic heterocycles. The molecule has 1 aliphatic rings. The number of nitrogens with zero attached hydrogens (tertiary/aromatic N) is 3. The quantitative estimate of drug-likeness (QED) is 0.668. The van der Waals surface area contributed by atoms with E-state index in [-0.39, 0.29) is 11.9 Å². The molecule has 29 heavy (non-hydrogen) atoms. The maximum atomic E-state index is 12.4. The Balaban J connectivity index is 1.49. The standard InChI is InChI=1S/C22H28N4O2S/c1-13(2)11-16-12-29-22-19(16)20(23-15(4)24-22)26-9-7-17(8-10-26)25-21(27)18-6-5-14(3)28-18/h5-6,12-13,17H,7-11H2,1-4H3,(H,25,27). The van der Waals surface area contributed by atoms with Crippen molar-refractivity contribution < 1.29 is 9.21 Å². The number of anilines is 1. The molecule has 0 spiro atoms. The Morgan fingerprint density at radius 2 is 2.03 bits per heavy atom. The predicted molar refractivity (Wildman–Crippen MR) is 117 cm³/mol. The zero-order valence-corrected chi connectivity index (χ0v) is 18.3. The summed E-state index contributed by atoms with van der Waals surface area (Å²) in [7, 11) is 0. The number of amides is 1. The van der Waals surface area contributed by atoms with Crippen LogP contribution in [0.2, 0.25) is 0 Å². The molecule has 0 aromatic carbocycles. The first-order valence-electron chi connectivity index (χ1n) is 10.3. The van der Waals surface area contributed by atoms with Gasteiger partial charge in [0.05, 0.1) is 5.39 Å². The summed E-state index contributed by atoms with van der Waals surface area (Å²) in [5.41, 5.74) is 1.35. The van der Waals surface area contributed by atoms with E-state index in [4.69, 9.17) is 9.40 Å². The van der Waals surface area contributed by atoms with E-state index in [1.54, 1.807) is 17.4 Å². The number of piperidine rings is 1. The average molecular weight is 413 g/mol. The zero-order valence-electron chi connectivity index (χ0n) is 17.5. The van der Waals surface area contributed by atoms with Gasteiger partial charge in [0.15, 0.2) is 5.76 Å². The van der Waals surface area contributed by atoms with Crippen LogP contribution in [0.5, 0.6) is 0 Å². The lowest BCUT2D eigenvalue weighted by Gasteiger charge is -2.33. The topological polar surface area (TPSA) is 71.3 Å². The summed E-state index contributed by atoms with van der Waals surface area (Å²) in [4.78, 5) is 25.3. The van der Waals surface area contributed by atoms with E-state index in [2.05, 4.69) is 34.4 Å². The van der Waals surface area contributed by atoms with Gasteiger partial charge in [0.2, 0.25) is 0 Å². The predicted octanol–water partition coefficient (Wildman–Crippen LogP) is 4.50. The van der Waals surface area contributed by atoms with E-state index in [0.717, 1.165) is 54.6 Å². The monoisotopic (exact) mass is 412 g/mol. The Kier molecular flexibility index (Phi) is 5.58. The molecule has 0 radical (unpaired) electrons. The SMILES string of the molecule is Cc1nc(N2CCC(NC(=O)c3ccc(C)o3)CC2)c2c(CC(C)C)csc2n1. The lowest BCUT2D eigenvalue weighted by molar-refractivity contribution is 0.0901. The van der Waals surface area contributed by atoms with Crippen molar-refractivity contribution in [1.29, 1.82) is 0 Å². The molecule has 0 unspecified atom stereocenters. The first-order chi connectivity index (χ1) is 13.9. The van der Waals surface area contributed by atoms with Crippen molar-refractivity contribution in [1.82, 2.24) is 15.3 Å². The van der Waals surface area contributed by atoms with Crippen molar-refractivity contribution in [3.63, 3.8) is 0 Å². The number of hydrogen-bond acceptors (Lipinski definition) is 6. The van der Waals surface area contributed by atoms with Gasteiger partial charge in [-0.15, -0.1) is 11.3 Å². The summed E-state index contributed by atoms with van der Waals surface area (Å²) >= 11 is 1.71. The van der Waals surface area contributed by atoms with Crippen LogP contribution in [-0.2, 0) is 6.42 Å². The highest BCUT2D eigenvalue weighted by atomic mass is 32.1. The number of carbonyl (C=O) groups is 1. The van der Waals surface area contributed by atoms with Crippen LogP contribution in [-0.4, -0.2) is 35.0 Å². The fraction of sp³-hybridized carbons (Fsp3) is 0.500. The second kappa shape index (κ2) is 8.14. The molecule has 154 valence electrons. The third kappa shape index (κ3) is 4.29. The molecule has 1 fully saturated rings. The minimum absolute atomic E-state index is 0.131. The van der Waals surface area contributed by atoms with E-state index in [1.165, 1.54) is 10.9 Å². The van der Waals surface area contributed by atoms with Crippen LogP contribution >= 0.6 is 11.3 Å². The second-order valence-corrected chi connectivity index (χ2v) is 9.14. The number of fused-ring (bicyclic) bond motifs is 1. The number of carbonyl (C=O) groups excluding carboxylic acids is 1. The highest BCUT2D eigenvalue weighted by Gasteiger charge is 2.25. The van der Waals surface area contributed by atoms with E-state index in [0.29, 0.717) is 11.7 Å². The highest BCUT2D eigenvalue weighted by Crippen LogP contribution is 2.34. The Hall–Kier alpha value is -2.41. The van der Waals surface area contributed by atoms with Crippen LogP contribution in [0.25, 0.3) is 10.2 Å². The molecular weight excluding hydrogens is 384 g/mol. The van der Waals surface area contributed by atoms with E-state index in [1.807, 2.05) is 19.9 Å². The van der Waals surface area contributed by atoms with Gasteiger partial charge < -0.3 is 14.6 Å². The molecule has 1 saturated heterocycles. The highest BCUT2D eigenvalue weighted by molar-refractivity contribution is 7.17. The minimum atomic E-state index is -0.131. The zero-order chi connectivity index (χ0) is 20.5. The second-order valence-electron chi connectivity index (χ2n) is 8.28. The number of aryl methyl sites for hydroxylation is 2. The van der Waals surface area contributed by atoms with Gasteiger partial charge in [0, 0.05) is 19.1 Å². The summed E-state index contributed by atoms with van der Waals surface area (Å²) in [6, 6.07) is 3.70. The molecule has 0 aliphatic carbocycles. The molecule has 4 rings (SSSR count). The van der Waals surface area contributed by atoms with Crippen LogP contribution in [0.3, 0.4) is 0 Å². The number of nitrogens with one attached hydrogen (secondary N) is 1. The molecule has 3 aromatic rings. The van der Waals surface area contributed by atoms with Gasteiger partial charge in [-0.2, -0.15) is 0 Å². The van der Waals surface area contributed by atoms with Crippen LogP contribution in [0, 0.1) is 19.8 Å². The van der Waals surface area contributed by atoms with Gasteiger partial charge >= 0.3 is 0 Å². The van der Waals surface area contributed by atoms with E-state index < -0.39 is 0 Å². The van der Waals surface area contributed by atoms with Gasteiger partial charge in [-0.05, 0) is 62.1 Å². The van der Waals surface area contributed by atoms with Crippen molar-refractivity contribution in [3.8, 4) is 0 Å². The van der Waals surface area contributed by atoms with Crippen LogP contribution in [0.1, 0.15) is 54.4 Å². The molecule has 7 heteroatoms. The lowest BCUT2D eigenvalue weighted by Crippen LogP contribution is -2.45. The molecule has 0 saturated carbocycles. The molecule has 1 amide bonds. The van der Waals surface area contributed by atoms with Gasteiger partial charge in [0.25, 0.3) is 5.91 Å². The van der Waals surface area contributed by atoms with Crippen molar-refractivity contribution in [2.24, 2.45) is 5.92 Å². The van der Waals surface area contributed by atoms with Crippen molar-refractivity contribution in [2.75, 3.05) is 18.0 Å². The molecular formula is C22H28N4O2S. The third-order valence-electron chi connectivity index (χ3n) is 5.32. The summed E-state index contributed by atoms with van der Waals surface area (Å²) in [6.07, 6.45) is 2.81. The molecule has 4 heterocycles. The first kappa shape index (κ1) is 19.9. The number of rotatable bonds is 5. The summed E-state index contributed by atoms with van der Waals surface area (Å²) in [5.74, 6) is 3.46. The smallest absolute Gasteiger partial charge is 0.287 e. The summed E-state index contributed by atoms with van der Waals surface area (Å²) < 4.78 is 5.44. The molecule has 0 bridgehead atoms. The normalized spacial score (nSPS) is 15.4. The number of thiophene rings is 1. The Labute approximate surface area is 175 Å². The first-order valence-corrected chi connectivity index (χ1v) is 11.2. The largest absolute Gasteiger partial charge is 0.456 e. The Morgan fingerprint density at radius 1 is 1.28 bits per heavy atom. The summed E-state index contributed by atoms with van der Waals surface area (Å²) in [6.45, 7) is 10.0. The maximum absolute atomic E-state index is 12.4. The molecule has 1 N–H and O–H groups in total. The van der Waals surface area contributed by atoms with Gasteiger partial charge in [-0.1, -0.05) is 13.8 Å². The fourth-order valence-corrected chi connectivity index (χ4v) is 4.95. The van der Waals surface area contributed by atoms with Gasteiger partial charge in [-0.3, -0.25) is 4.79 Å². The Bertz CT molecular complexity index is 1020. The number of furan rings is 1. The molecule has 6 nitrogen and oxygen atoms in total. The minimum Gasteiger partial charge on any atom is -0.456 e. The molecule has 0 atom stereocenters. The molecule has 1 aliphatic heterocycles. The van der Waals surface area contributed by atoms with Crippen molar-refractivity contribution in [3.05, 3.63) is 40.4 Å². The van der Waals surface area contributed by atoms with E-state index >= 15 is 0 Å². The summed E-state index contributed by atoms with van der Waals surface area (Å²) in [5, 5.41) is 6.56. The Morgan fingerprint density at radius 3 is 2.69 bits per heavy atom. The van der Waals surface area contributed by atoms with E-state index in [9.17, 15) is 4.79 Å². The van der Waals surface area contributed by atoms with Gasteiger partial charge in [-0.25, -0.2) is 9.97 Å². The third-order valence-corrected chi connectivity index (χ3v) is 6.25. The number of aromatic nitrogens is 2.